The molecule has 2 atom stereocenters. The number of hydrogen-bond donors (Lipinski definition) is 5. The van der Waals surface area contributed by atoms with E-state index in [9.17, 15) is 29.4 Å². The molecule has 4 heterocycles. The summed E-state index contributed by atoms with van der Waals surface area (Å²) in [6.07, 6.45) is 3.40. The normalized spacial score (nSPS) is 19.2. The lowest BCUT2D eigenvalue weighted by Crippen LogP contribution is -2.71. The van der Waals surface area contributed by atoms with Crippen LogP contribution in [-0.4, -0.2) is 82.8 Å². The number of hydrogen-bond acceptors (Lipinski definition) is 12. The highest BCUT2D eigenvalue weighted by molar-refractivity contribution is 8.00. The fourth-order valence-corrected chi connectivity index (χ4v) is 5.44. The third-order valence-electron chi connectivity index (χ3n) is 5.22. The average Bonchev–Trinajstić information content (AvgIpc) is 3.30. The van der Waals surface area contributed by atoms with Crippen molar-refractivity contribution in [1.82, 2.24) is 19.6 Å². The second kappa shape index (κ2) is 10.9. The first-order valence-electron chi connectivity index (χ1n) is 10.5. The van der Waals surface area contributed by atoms with Crippen molar-refractivity contribution in [2.45, 2.75) is 24.6 Å². The topological polar surface area (TPSA) is 222 Å². The van der Waals surface area contributed by atoms with Gasteiger partial charge in [-0.2, -0.15) is 9.36 Å². The van der Waals surface area contributed by atoms with Crippen molar-refractivity contribution in [3.05, 3.63) is 47.2 Å². The number of carboxylic acid groups (broad SMARTS) is 2. The van der Waals surface area contributed by atoms with E-state index >= 15 is 0 Å². The quantitative estimate of drug-likeness (QED) is 0.0951. The molecule has 0 saturated carbocycles. The van der Waals surface area contributed by atoms with Crippen LogP contribution in [0.5, 0.6) is 0 Å². The molecule has 4 rings (SSSR count). The number of carbonyl (C=O) groups excluding carboxylic acids is 2. The minimum Gasteiger partial charge on any atom is -0.479 e. The van der Waals surface area contributed by atoms with Crippen molar-refractivity contribution < 1.29 is 43.9 Å². The summed E-state index contributed by atoms with van der Waals surface area (Å²) in [5.41, 5.74) is 6.02. The number of nitrogen functional groups attached to an aromatic ring is 1. The van der Waals surface area contributed by atoms with Gasteiger partial charge >= 0.3 is 11.9 Å². The number of oxime groups is 1. The number of aliphatic carboxylic acids is 2. The van der Waals surface area contributed by atoms with Gasteiger partial charge in [-0.05, 0) is 6.07 Å². The van der Waals surface area contributed by atoms with Gasteiger partial charge in [-0.1, -0.05) is 5.16 Å². The molecule has 0 spiro atoms. The first kappa shape index (κ1) is 26.0. The number of β-lactam (4-membered cyclic amide) rings is 1. The summed E-state index contributed by atoms with van der Waals surface area (Å²) in [5.74, 6) is -4.14. The zero-order valence-corrected chi connectivity index (χ0v) is 20.4. The second-order valence-corrected chi connectivity index (χ2v) is 9.61. The van der Waals surface area contributed by atoms with Gasteiger partial charge in [0.2, 0.25) is 18.1 Å². The molecule has 2 aliphatic heterocycles. The summed E-state index contributed by atoms with van der Waals surface area (Å²) < 4.78 is 5.58. The Hall–Kier alpha value is -4.09. The number of carbonyl (C=O) groups is 4. The number of anilines is 1. The third kappa shape index (κ3) is 5.52. The van der Waals surface area contributed by atoms with E-state index < -0.39 is 47.5 Å². The molecule has 2 amide bonds. The summed E-state index contributed by atoms with van der Waals surface area (Å²) in [7, 11) is 0. The van der Waals surface area contributed by atoms with Crippen LogP contribution >= 0.6 is 23.3 Å². The highest BCUT2D eigenvalue weighted by atomic mass is 32.2. The maximum Gasteiger partial charge on any atom is 0.352 e. The fourth-order valence-electron chi connectivity index (χ4n) is 3.67. The van der Waals surface area contributed by atoms with E-state index in [0.717, 1.165) is 16.4 Å². The molecule has 37 heavy (non-hydrogen) atoms. The molecule has 0 radical (unpaired) electrons. The van der Waals surface area contributed by atoms with E-state index in [1.54, 1.807) is 29.1 Å². The Balaban J connectivity index is 1.53. The number of fused-ring (bicyclic) bond motifs is 1. The second-order valence-electron chi connectivity index (χ2n) is 7.72. The number of aliphatic hydroxyl groups excluding tert-OH is 1. The molecule has 6 N–H and O–H groups in total. The minimum atomic E-state index is -1.33. The smallest absolute Gasteiger partial charge is 0.352 e. The Labute approximate surface area is 216 Å². The first-order chi connectivity index (χ1) is 17.7. The number of thioether (sulfide) groups is 1. The van der Waals surface area contributed by atoms with Crippen molar-refractivity contribution in [2.24, 2.45) is 5.16 Å². The van der Waals surface area contributed by atoms with Crippen LogP contribution in [0.2, 0.25) is 0 Å². The molecular weight excluding hydrogens is 530 g/mol. The van der Waals surface area contributed by atoms with Crippen molar-refractivity contribution in [2.75, 3.05) is 18.1 Å². The lowest BCUT2D eigenvalue weighted by atomic mass is 10.0. The molecule has 17 heteroatoms. The van der Waals surface area contributed by atoms with Crippen molar-refractivity contribution >= 4 is 57.9 Å². The molecule has 0 aliphatic carbocycles. The highest BCUT2D eigenvalue weighted by Crippen LogP contribution is 2.40. The third-order valence-corrected chi connectivity index (χ3v) is 7.11. The summed E-state index contributed by atoms with van der Waals surface area (Å²) >= 11 is 2.04. The number of nitrogens with zero attached hydrogens (tertiary/aromatic N) is 5. The van der Waals surface area contributed by atoms with Gasteiger partial charge in [0.25, 0.3) is 11.8 Å². The predicted octanol–water partition coefficient (Wildman–Crippen LogP) is -1.86. The lowest BCUT2D eigenvalue weighted by Gasteiger charge is -2.49. The van der Waals surface area contributed by atoms with Crippen LogP contribution in [0.15, 0.2) is 41.0 Å². The Kier molecular flexibility index (Phi) is 7.65. The van der Waals surface area contributed by atoms with Gasteiger partial charge in [0, 0.05) is 34.5 Å². The van der Waals surface area contributed by atoms with Crippen LogP contribution in [0, 0.1) is 0 Å². The predicted molar refractivity (Wildman–Crippen MR) is 127 cm³/mol. The number of rotatable bonds is 10. The van der Waals surface area contributed by atoms with Crippen molar-refractivity contribution in [1.29, 1.82) is 0 Å². The Morgan fingerprint density at radius 3 is 2.78 bits per heavy atom. The van der Waals surface area contributed by atoms with Crippen molar-refractivity contribution in [3.63, 3.8) is 0 Å². The maximum atomic E-state index is 13.0. The monoisotopic (exact) mass is 550 g/mol. The van der Waals surface area contributed by atoms with Gasteiger partial charge in [-0.15, -0.1) is 11.8 Å². The lowest BCUT2D eigenvalue weighted by molar-refractivity contribution is -0.689. The molecule has 0 bridgehead atoms. The van der Waals surface area contributed by atoms with Gasteiger partial charge in [0.05, 0.1) is 6.61 Å². The largest absolute Gasteiger partial charge is 0.479 e. The summed E-state index contributed by atoms with van der Waals surface area (Å²) in [6.45, 7) is -0.825. The highest BCUT2D eigenvalue weighted by Gasteiger charge is 2.54. The maximum absolute atomic E-state index is 13.0. The number of amides is 2. The van der Waals surface area contributed by atoms with Crippen LogP contribution in [0.1, 0.15) is 11.4 Å². The summed E-state index contributed by atoms with van der Waals surface area (Å²) in [4.78, 5) is 58.3. The average molecular weight is 551 g/mol. The molecule has 15 nitrogen and oxygen atoms in total. The van der Waals surface area contributed by atoms with Crippen LogP contribution in [-0.2, 0) is 37.2 Å². The molecule has 2 aromatic heterocycles. The van der Waals surface area contributed by atoms with Crippen LogP contribution < -0.4 is 15.6 Å². The first-order valence-corrected chi connectivity index (χ1v) is 12.3. The Morgan fingerprint density at radius 1 is 1.35 bits per heavy atom. The molecule has 1 unspecified atom stereocenters. The zero-order chi connectivity index (χ0) is 26.7. The number of pyridine rings is 1. The van der Waals surface area contributed by atoms with Gasteiger partial charge < -0.3 is 31.2 Å². The molecule has 2 aromatic rings. The number of aliphatic hydroxyl groups is 1. The standard InChI is InChI=1S/C20H19N7O8S2/c21-20-23-15(25-37-20)12(24-35-7-11(29)30)16(31)22-13-17(32)27-14(19(33)34)10(8-36-18(13)27)5-26-3-1-2-9(4-26)6-28/h1-4,13,18,28H,5-8H2,(H4-,21,22,23,25,29,30,31,33,34)/p+1/t13?,18-/m0/s1. The van der Waals surface area contributed by atoms with Crippen LogP contribution in [0.25, 0.3) is 0 Å². The number of carboxylic acids is 2. The zero-order valence-electron chi connectivity index (χ0n) is 18.8. The van der Waals surface area contributed by atoms with Gasteiger partial charge in [0.15, 0.2) is 24.1 Å². The molecular formula is C20H20N7O8S2+. The van der Waals surface area contributed by atoms with E-state index in [-0.39, 0.29) is 35.6 Å². The van der Waals surface area contributed by atoms with E-state index in [1.165, 1.54) is 11.8 Å². The Bertz CT molecular complexity index is 1330. The SMILES string of the molecule is Nc1nc(C(=NOCC(=O)O)C(=O)NC2C(=O)N3C(C(=O)O)=C(C[n+]4cccc(CO)c4)CS[C@@H]23)ns1. The van der Waals surface area contributed by atoms with E-state index in [2.05, 4.69) is 24.7 Å². The van der Waals surface area contributed by atoms with Gasteiger partial charge in [0.1, 0.15) is 17.1 Å². The fraction of sp³-hybridized carbons (Fsp3) is 0.300. The molecule has 194 valence electrons. The minimum absolute atomic E-state index is 0.0219. The van der Waals surface area contributed by atoms with Gasteiger partial charge in [-0.3, -0.25) is 14.5 Å². The van der Waals surface area contributed by atoms with E-state index in [1.807, 2.05) is 0 Å². The summed E-state index contributed by atoms with van der Waals surface area (Å²) in [6, 6.07) is 2.36. The number of aromatic nitrogens is 3. The van der Waals surface area contributed by atoms with Crippen LogP contribution in [0.3, 0.4) is 0 Å². The number of nitrogens with two attached hydrogens (primary N) is 1. The van der Waals surface area contributed by atoms with E-state index in [0.29, 0.717) is 11.1 Å². The Morgan fingerprint density at radius 2 is 2.14 bits per heavy atom. The number of nitrogens with one attached hydrogen (secondary N) is 1. The van der Waals surface area contributed by atoms with Crippen molar-refractivity contribution in [3.8, 4) is 0 Å². The molecule has 1 saturated heterocycles. The van der Waals surface area contributed by atoms with Crippen LogP contribution in [0.4, 0.5) is 5.13 Å². The molecule has 1 fully saturated rings. The summed E-state index contributed by atoms with van der Waals surface area (Å²) in [5, 5.41) is 33.3. The molecule has 0 aromatic carbocycles. The van der Waals surface area contributed by atoms with Gasteiger partial charge in [-0.25, -0.2) is 14.2 Å². The molecule has 2 aliphatic rings. The van der Waals surface area contributed by atoms with E-state index in [4.69, 9.17) is 10.8 Å².